The summed E-state index contributed by atoms with van der Waals surface area (Å²) in [5, 5.41) is 6.07. The Balaban J connectivity index is 1.81. The van der Waals surface area contributed by atoms with E-state index in [1.807, 2.05) is 24.3 Å². The zero-order valence-electron chi connectivity index (χ0n) is 14.6. The van der Waals surface area contributed by atoms with Gasteiger partial charge in [0.2, 0.25) is 5.95 Å². The molecule has 0 atom stereocenters. The van der Waals surface area contributed by atoms with Crippen LogP contribution < -0.4 is 15.4 Å². The molecule has 3 aromatic rings. The molecule has 0 amide bonds. The Morgan fingerprint density at radius 1 is 0.926 bits per heavy atom. The third-order valence-electron chi connectivity index (χ3n) is 3.69. The predicted molar refractivity (Wildman–Crippen MR) is 97.8 cm³/mol. The summed E-state index contributed by atoms with van der Waals surface area (Å²) in [6.45, 7) is 1.80. The third-order valence-corrected chi connectivity index (χ3v) is 3.69. The van der Waals surface area contributed by atoms with Gasteiger partial charge in [-0.15, -0.1) is 0 Å². The van der Waals surface area contributed by atoms with Crippen LogP contribution in [0.4, 0.5) is 36.3 Å². The first kappa shape index (κ1) is 18.5. The molecule has 0 radical (unpaired) electrons. The number of nitrogens with zero attached hydrogens (tertiary/aromatic N) is 2. The second kappa shape index (κ2) is 7.53. The Bertz CT molecular complexity index is 927. The van der Waals surface area contributed by atoms with Crippen LogP contribution in [-0.4, -0.2) is 17.1 Å². The number of ether oxygens (including phenoxy) is 1. The minimum Gasteiger partial charge on any atom is -0.495 e. The molecule has 0 bridgehead atoms. The quantitative estimate of drug-likeness (QED) is 0.635. The van der Waals surface area contributed by atoms with Crippen LogP contribution in [-0.2, 0) is 6.18 Å². The van der Waals surface area contributed by atoms with Crippen LogP contribution in [0.2, 0.25) is 0 Å². The summed E-state index contributed by atoms with van der Waals surface area (Å²) >= 11 is 0. The van der Waals surface area contributed by atoms with Crippen molar-refractivity contribution in [3.8, 4) is 5.75 Å². The van der Waals surface area contributed by atoms with Gasteiger partial charge < -0.3 is 15.4 Å². The van der Waals surface area contributed by atoms with Crippen molar-refractivity contribution >= 4 is 23.1 Å². The van der Waals surface area contributed by atoms with Crippen LogP contribution in [0.25, 0.3) is 0 Å². The number of aromatic nitrogens is 2. The molecule has 0 spiro atoms. The van der Waals surface area contributed by atoms with Crippen molar-refractivity contribution in [1.82, 2.24) is 9.97 Å². The van der Waals surface area contributed by atoms with Crippen LogP contribution in [0.15, 0.2) is 54.6 Å². The topological polar surface area (TPSA) is 59.1 Å². The SMILES string of the molecule is COc1ccccc1Nc1cc(C)nc(Nc2ccc(C(F)(F)F)cc2)n1. The number of benzene rings is 2. The van der Waals surface area contributed by atoms with E-state index in [2.05, 4.69) is 20.6 Å². The van der Waals surface area contributed by atoms with E-state index in [4.69, 9.17) is 4.74 Å². The summed E-state index contributed by atoms with van der Waals surface area (Å²) in [6.07, 6.45) is -4.37. The Morgan fingerprint density at radius 3 is 2.30 bits per heavy atom. The lowest BCUT2D eigenvalue weighted by atomic mass is 10.2. The molecule has 140 valence electrons. The normalized spacial score (nSPS) is 11.1. The minimum atomic E-state index is -4.37. The molecular formula is C19H17F3N4O. The van der Waals surface area contributed by atoms with E-state index >= 15 is 0 Å². The van der Waals surface area contributed by atoms with E-state index in [0.717, 1.165) is 17.8 Å². The number of methoxy groups -OCH3 is 1. The summed E-state index contributed by atoms with van der Waals surface area (Å²) in [4.78, 5) is 8.63. The average Bonchev–Trinajstić information content (AvgIpc) is 2.61. The molecule has 8 heteroatoms. The maximum Gasteiger partial charge on any atom is 0.416 e. The number of nitrogens with one attached hydrogen (secondary N) is 2. The molecule has 5 nitrogen and oxygen atoms in total. The summed E-state index contributed by atoms with van der Waals surface area (Å²) in [5.41, 5.74) is 1.17. The highest BCUT2D eigenvalue weighted by atomic mass is 19.4. The molecule has 27 heavy (non-hydrogen) atoms. The molecule has 0 unspecified atom stereocenters. The Hall–Kier alpha value is -3.29. The zero-order chi connectivity index (χ0) is 19.4. The molecule has 1 aromatic heterocycles. The maximum atomic E-state index is 12.7. The first-order valence-corrected chi connectivity index (χ1v) is 8.05. The highest BCUT2D eigenvalue weighted by Gasteiger charge is 2.29. The van der Waals surface area contributed by atoms with E-state index < -0.39 is 11.7 Å². The van der Waals surface area contributed by atoms with Crippen molar-refractivity contribution in [2.24, 2.45) is 0 Å². The fraction of sp³-hybridized carbons (Fsp3) is 0.158. The number of aryl methyl sites for hydroxylation is 1. The molecule has 0 saturated carbocycles. The predicted octanol–water partition coefficient (Wildman–Crippen LogP) is 5.30. The number of para-hydroxylation sites is 2. The number of alkyl halides is 3. The largest absolute Gasteiger partial charge is 0.495 e. The molecule has 0 aliphatic carbocycles. The van der Waals surface area contributed by atoms with Gasteiger partial charge in [0.1, 0.15) is 11.6 Å². The second-order valence-electron chi connectivity index (χ2n) is 5.74. The molecular weight excluding hydrogens is 357 g/mol. The fourth-order valence-electron chi connectivity index (χ4n) is 2.45. The molecule has 0 fully saturated rings. The maximum absolute atomic E-state index is 12.7. The van der Waals surface area contributed by atoms with Gasteiger partial charge in [-0.3, -0.25) is 0 Å². The van der Waals surface area contributed by atoms with E-state index in [1.165, 1.54) is 12.1 Å². The second-order valence-corrected chi connectivity index (χ2v) is 5.74. The van der Waals surface area contributed by atoms with Gasteiger partial charge in [-0.05, 0) is 43.3 Å². The van der Waals surface area contributed by atoms with E-state index in [1.54, 1.807) is 20.1 Å². The van der Waals surface area contributed by atoms with Crippen molar-refractivity contribution in [3.05, 3.63) is 65.9 Å². The van der Waals surface area contributed by atoms with Crippen molar-refractivity contribution in [3.63, 3.8) is 0 Å². The smallest absolute Gasteiger partial charge is 0.416 e. The standard InChI is InChI=1S/C19H17F3N4O/c1-12-11-17(25-15-5-3-4-6-16(15)27-2)26-18(23-12)24-14-9-7-13(8-10-14)19(20,21)22/h3-11H,1-2H3,(H2,23,24,25,26). The van der Waals surface area contributed by atoms with Crippen LogP contribution in [0.3, 0.4) is 0 Å². The van der Waals surface area contributed by atoms with Crippen LogP contribution >= 0.6 is 0 Å². The highest BCUT2D eigenvalue weighted by molar-refractivity contribution is 5.65. The van der Waals surface area contributed by atoms with Gasteiger partial charge in [-0.2, -0.15) is 18.2 Å². The Labute approximate surface area is 154 Å². The van der Waals surface area contributed by atoms with Crippen LogP contribution in [0.5, 0.6) is 5.75 Å². The Kier molecular flexibility index (Phi) is 5.16. The summed E-state index contributed by atoms with van der Waals surface area (Å²) in [5.74, 6) is 1.46. The van der Waals surface area contributed by atoms with E-state index in [0.29, 0.717) is 22.9 Å². The van der Waals surface area contributed by atoms with Crippen molar-refractivity contribution in [2.75, 3.05) is 17.7 Å². The third kappa shape index (κ3) is 4.66. The molecule has 1 heterocycles. The summed E-state index contributed by atoms with van der Waals surface area (Å²) < 4.78 is 43.3. The van der Waals surface area contributed by atoms with Crippen molar-refractivity contribution in [1.29, 1.82) is 0 Å². The van der Waals surface area contributed by atoms with Gasteiger partial charge in [0.05, 0.1) is 18.4 Å². The molecule has 0 saturated heterocycles. The summed E-state index contributed by atoms with van der Waals surface area (Å²) in [7, 11) is 1.57. The average molecular weight is 374 g/mol. The lowest BCUT2D eigenvalue weighted by molar-refractivity contribution is -0.137. The van der Waals surface area contributed by atoms with E-state index in [-0.39, 0.29) is 5.95 Å². The molecule has 0 aliphatic rings. The minimum absolute atomic E-state index is 0.271. The fourth-order valence-corrected chi connectivity index (χ4v) is 2.45. The van der Waals surface area contributed by atoms with Gasteiger partial charge >= 0.3 is 6.18 Å². The lowest BCUT2D eigenvalue weighted by Crippen LogP contribution is -2.05. The van der Waals surface area contributed by atoms with Crippen molar-refractivity contribution < 1.29 is 17.9 Å². The van der Waals surface area contributed by atoms with Gasteiger partial charge in [-0.25, -0.2) is 4.98 Å². The van der Waals surface area contributed by atoms with Gasteiger partial charge in [0.15, 0.2) is 0 Å². The number of hydrogen-bond acceptors (Lipinski definition) is 5. The monoisotopic (exact) mass is 374 g/mol. The molecule has 2 N–H and O–H groups in total. The molecule has 0 aliphatic heterocycles. The Morgan fingerprint density at radius 2 is 1.63 bits per heavy atom. The number of halogens is 3. The first-order chi connectivity index (χ1) is 12.8. The number of hydrogen-bond donors (Lipinski definition) is 2. The lowest BCUT2D eigenvalue weighted by Gasteiger charge is -2.13. The molecule has 2 aromatic carbocycles. The number of anilines is 4. The van der Waals surface area contributed by atoms with Gasteiger partial charge in [-0.1, -0.05) is 12.1 Å². The van der Waals surface area contributed by atoms with Gasteiger partial charge in [0.25, 0.3) is 0 Å². The van der Waals surface area contributed by atoms with E-state index in [9.17, 15) is 13.2 Å². The number of rotatable bonds is 5. The van der Waals surface area contributed by atoms with Crippen molar-refractivity contribution in [2.45, 2.75) is 13.1 Å². The van der Waals surface area contributed by atoms with Crippen LogP contribution in [0, 0.1) is 6.92 Å². The zero-order valence-corrected chi connectivity index (χ0v) is 14.6. The highest BCUT2D eigenvalue weighted by Crippen LogP contribution is 2.30. The van der Waals surface area contributed by atoms with Gasteiger partial charge in [0, 0.05) is 17.4 Å². The summed E-state index contributed by atoms with van der Waals surface area (Å²) in [6, 6.07) is 13.8. The molecule has 3 rings (SSSR count). The van der Waals surface area contributed by atoms with Crippen LogP contribution in [0.1, 0.15) is 11.3 Å². The first-order valence-electron chi connectivity index (χ1n) is 8.05.